The molecule has 5 nitrogen and oxygen atoms in total. The summed E-state index contributed by atoms with van der Waals surface area (Å²) in [5.74, 6) is -1.30. The van der Waals surface area contributed by atoms with Crippen LogP contribution in [-0.4, -0.2) is 30.8 Å². The van der Waals surface area contributed by atoms with Crippen LogP contribution >= 0.6 is 0 Å². The molecule has 1 atom stereocenters. The van der Waals surface area contributed by atoms with E-state index in [2.05, 4.69) is 4.98 Å². The van der Waals surface area contributed by atoms with E-state index in [1.807, 2.05) is 6.07 Å². The van der Waals surface area contributed by atoms with Gasteiger partial charge in [0.05, 0.1) is 24.0 Å². The minimum Gasteiger partial charge on any atom is -0.308 e. The van der Waals surface area contributed by atoms with Gasteiger partial charge < -0.3 is 4.90 Å². The number of aromatic nitrogens is 1. The van der Waals surface area contributed by atoms with Crippen molar-refractivity contribution in [1.82, 2.24) is 4.98 Å². The van der Waals surface area contributed by atoms with Crippen molar-refractivity contribution in [3.05, 3.63) is 60.2 Å². The zero-order valence-electron chi connectivity index (χ0n) is 12.9. The quantitative estimate of drug-likeness (QED) is 0.849. The molecule has 0 bridgehead atoms. The van der Waals surface area contributed by atoms with Crippen molar-refractivity contribution in [3.8, 4) is 0 Å². The predicted molar refractivity (Wildman–Crippen MR) is 88.6 cm³/mol. The topological polar surface area (TPSA) is 67.3 Å². The monoisotopic (exact) mass is 348 g/mol. The predicted octanol–water partition coefficient (Wildman–Crippen LogP) is 2.19. The van der Waals surface area contributed by atoms with Crippen molar-refractivity contribution >= 4 is 21.4 Å². The molecule has 0 aliphatic carbocycles. The molecule has 1 aliphatic rings. The van der Waals surface area contributed by atoms with E-state index in [-0.39, 0.29) is 24.0 Å². The van der Waals surface area contributed by atoms with E-state index in [4.69, 9.17) is 0 Å². The van der Waals surface area contributed by atoms with Crippen LogP contribution in [0.5, 0.6) is 0 Å². The number of pyridine rings is 1. The summed E-state index contributed by atoms with van der Waals surface area (Å²) in [5, 5.41) is 0. The number of anilines is 1. The van der Waals surface area contributed by atoms with Crippen molar-refractivity contribution in [1.29, 1.82) is 0 Å². The molecular weight excluding hydrogens is 331 g/mol. The normalized spacial score (nSPS) is 19.1. The fourth-order valence-corrected chi connectivity index (χ4v) is 4.53. The largest absolute Gasteiger partial charge is 0.308 e. The molecule has 0 radical (unpaired) electrons. The zero-order chi connectivity index (χ0) is 17.2. The number of hydrogen-bond acceptors (Lipinski definition) is 4. The van der Waals surface area contributed by atoms with Crippen LogP contribution in [-0.2, 0) is 21.2 Å². The Morgan fingerprint density at radius 2 is 2.00 bits per heavy atom. The van der Waals surface area contributed by atoms with Crippen molar-refractivity contribution < 1.29 is 17.6 Å². The first-order valence-electron chi connectivity index (χ1n) is 7.61. The van der Waals surface area contributed by atoms with Gasteiger partial charge in [-0.3, -0.25) is 9.78 Å². The van der Waals surface area contributed by atoms with Crippen molar-refractivity contribution in [2.24, 2.45) is 5.92 Å². The minimum atomic E-state index is -3.16. The molecule has 7 heteroatoms. The van der Waals surface area contributed by atoms with Gasteiger partial charge in [0.15, 0.2) is 9.84 Å². The van der Waals surface area contributed by atoms with Crippen LogP contribution in [0, 0.1) is 11.7 Å². The Morgan fingerprint density at radius 3 is 2.58 bits per heavy atom. The molecule has 1 fully saturated rings. The summed E-state index contributed by atoms with van der Waals surface area (Å²) in [7, 11) is -3.16. The minimum absolute atomic E-state index is 0.0353. The molecule has 2 aromatic rings. The molecule has 1 aromatic carbocycles. The van der Waals surface area contributed by atoms with Gasteiger partial charge in [0.2, 0.25) is 5.91 Å². The maximum absolute atomic E-state index is 13.2. The van der Waals surface area contributed by atoms with Crippen LogP contribution in [0.15, 0.2) is 48.8 Å². The lowest BCUT2D eigenvalue weighted by atomic mass is 10.1. The van der Waals surface area contributed by atoms with Crippen molar-refractivity contribution in [2.45, 2.75) is 13.0 Å². The average Bonchev–Trinajstić information content (AvgIpc) is 2.94. The zero-order valence-corrected chi connectivity index (χ0v) is 13.7. The SMILES string of the molecule is O=C(C1CCS(=O)(=O)C1)N(Cc1cccnc1)c1ccc(F)cc1. The summed E-state index contributed by atoms with van der Waals surface area (Å²) in [6.07, 6.45) is 3.61. The molecule has 2 heterocycles. The van der Waals surface area contributed by atoms with E-state index in [0.717, 1.165) is 5.56 Å². The first kappa shape index (κ1) is 16.6. The van der Waals surface area contributed by atoms with E-state index >= 15 is 0 Å². The number of halogens is 1. The highest BCUT2D eigenvalue weighted by molar-refractivity contribution is 7.91. The van der Waals surface area contributed by atoms with E-state index < -0.39 is 21.6 Å². The molecule has 1 aliphatic heterocycles. The van der Waals surface area contributed by atoms with Crippen molar-refractivity contribution in [3.63, 3.8) is 0 Å². The lowest BCUT2D eigenvalue weighted by Crippen LogP contribution is -2.36. The first-order chi connectivity index (χ1) is 11.4. The van der Waals surface area contributed by atoms with Gasteiger partial charge in [-0.25, -0.2) is 12.8 Å². The Hall–Kier alpha value is -2.28. The van der Waals surface area contributed by atoms with Gasteiger partial charge in [-0.05, 0) is 42.3 Å². The molecule has 0 spiro atoms. The number of hydrogen-bond donors (Lipinski definition) is 0. The third-order valence-corrected chi connectivity index (χ3v) is 5.82. The van der Waals surface area contributed by atoms with Crippen LogP contribution in [0.4, 0.5) is 10.1 Å². The molecule has 1 unspecified atom stereocenters. The number of carbonyl (C=O) groups is 1. The molecule has 1 aromatic heterocycles. The maximum Gasteiger partial charge on any atom is 0.231 e. The highest BCUT2D eigenvalue weighted by Gasteiger charge is 2.35. The van der Waals surface area contributed by atoms with Crippen LogP contribution < -0.4 is 4.90 Å². The summed E-state index contributed by atoms with van der Waals surface area (Å²) in [4.78, 5) is 18.4. The van der Waals surface area contributed by atoms with Crippen LogP contribution in [0.2, 0.25) is 0 Å². The number of rotatable bonds is 4. The molecule has 3 rings (SSSR count). The number of nitrogens with zero attached hydrogens (tertiary/aromatic N) is 2. The Morgan fingerprint density at radius 1 is 1.25 bits per heavy atom. The third kappa shape index (κ3) is 3.79. The molecule has 0 saturated carbocycles. The number of amides is 1. The Labute approximate surface area is 140 Å². The second kappa shape index (κ2) is 6.68. The summed E-state index contributed by atoms with van der Waals surface area (Å²) in [6, 6.07) is 9.21. The Bertz CT molecular complexity index is 823. The van der Waals surface area contributed by atoms with Crippen LogP contribution in [0.1, 0.15) is 12.0 Å². The van der Waals surface area contributed by atoms with Gasteiger partial charge in [-0.2, -0.15) is 0 Å². The maximum atomic E-state index is 13.2. The second-order valence-corrected chi connectivity index (χ2v) is 8.09. The average molecular weight is 348 g/mol. The fourth-order valence-electron chi connectivity index (χ4n) is 2.80. The lowest BCUT2D eigenvalue weighted by molar-refractivity contribution is -0.121. The lowest BCUT2D eigenvalue weighted by Gasteiger charge is -2.25. The molecule has 1 saturated heterocycles. The molecule has 1 amide bonds. The van der Waals surface area contributed by atoms with E-state index in [0.29, 0.717) is 12.1 Å². The van der Waals surface area contributed by atoms with Crippen LogP contribution in [0.25, 0.3) is 0 Å². The number of benzene rings is 1. The molecule has 24 heavy (non-hydrogen) atoms. The van der Waals surface area contributed by atoms with Gasteiger partial charge in [0, 0.05) is 18.1 Å². The molecule has 0 N–H and O–H groups in total. The van der Waals surface area contributed by atoms with Crippen molar-refractivity contribution in [2.75, 3.05) is 16.4 Å². The summed E-state index contributed by atoms with van der Waals surface area (Å²) >= 11 is 0. The molecule has 126 valence electrons. The van der Waals surface area contributed by atoms with Crippen LogP contribution in [0.3, 0.4) is 0 Å². The second-order valence-electron chi connectivity index (χ2n) is 5.86. The number of carbonyl (C=O) groups excluding carboxylic acids is 1. The smallest absolute Gasteiger partial charge is 0.231 e. The first-order valence-corrected chi connectivity index (χ1v) is 9.43. The molecular formula is C17H17FN2O3S. The van der Waals surface area contributed by atoms with Gasteiger partial charge in [-0.15, -0.1) is 0 Å². The van der Waals surface area contributed by atoms with Gasteiger partial charge in [0.25, 0.3) is 0 Å². The Balaban J connectivity index is 1.89. The number of sulfone groups is 1. The summed E-state index contributed by atoms with van der Waals surface area (Å²) in [5.41, 5.74) is 1.35. The summed E-state index contributed by atoms with van der Waals surface area (Å²) < 4.78 is 36.5. The van der Waals surface area contributed by atoms with Gasteiger partial charge in [0.1, 0.15) is 5.82 Å². The fraction of sp³-hybridized carbons (Fsp3) is 0.294. The van der Waals surface area contributed by atoms with E-state index in [1.165, 1.54) is 29.2 Å². The third-order valence-electron chi connectivity index (χ3n) is 4.05. The van der Waals surface area contributed by atoms with E-state index in [9.17, 15) is 17.6 Å². The summed E-state index contributed by atoms with van der Waals surface area (Å²) in [6.45, 7) is 0.259. The highest BCUT2D eigenvalue weighted by atomic mass is 32.2. The van der Waals surface area contributed by atoms with Gasteiger partial charge in [-0.1, -0.05) is 6.07 Å². The van der Waals surface area contributed by atoms with Gasteiger partial charge >= 0.3 is 0 Å². The highest BCUT2D eigenvalue weighted by Crippen LogP contribution is 2.26. The van der Waals surface area contributed by atoms with E-state index in [1.54, 1.807) is 18.5 Å². The standard InChI is InChI=1S/C17H17FN2O3S/c18-15-3-5-16(6-4-15)20(11-13-2-1-8-19-10-13)17(21)14-7-9-24(22,23)12-14/h1-6,8,10,14H,7,9,11-12H2. The Kier molecular flexibility index (Phi) is 4.62.